The van der Waals surface area contributed by atoms with Crippen molar-refractivity contribution in [3.63, 3.8) is 0 Å². The standard InChI is InChI=1S/C18H10Cl2N4O2/c19-10-3-5-11(6-4-10)22-13-12(20)16(25)14-15(17(13)26)24-18(23-14)9-2-1-7-21-8-9/h1-8,22H,(H,23,24). The summed E-state index contributed by atoms with van der Waals surface area (Å²) in [4.78, 5) is 36.5. The summed E-state index contributed by atoms with van der Waals surface area (Å²) in [6.45, 7) is 0. The lowest BCUT2D eigenvalue weighted by Gasteiger charge is -2.15. The van der Waals surface area contributed by atoms with Gasteiger partial charge in [-0.25, -0.2) is 4.98 Å². The van der Waals surface area contributed by atoms with Crippen molar-refractivity contribution >= 4 is 40.5 Å². The van der Waals surface area contributed by atoms with Crippen molar-refractivity contribution in [2.75, 3.05) is 5.32 Å². The van der Waals surface area contributed by atoms with Crippen LogP contribution in [-0.4, -0.2) is 26.5 Å². The van der Waals surface area contributed by atoms with Crippen LogP contribution in [0.5, 0.6) is 0 Å². The van der Waals surface area contributed by atoms with Crippen LogP contribution < -0.4 is 5.32 Å². The summed E-state index contributed by atoms with van der Waals surface area (Å²) in [5, 5.41) is 3.24. The van der Waals surface area contributed by atoms with E-state index in [1.807, 2.05) is 0 Å². The fraction of sp³-hybridized carbons (Fsp3) is 0. The molecule has 0 bridgehead atoms. The van der Waals surface area contributed by atoms with Crippen molar-refractivity contribution < 1.29 is 9.59 Å². The normalized spacial score (nSPS) is 13.8. The number of carbonyl (C=O) groups is 2. The number of hydrogen-bond acceptors (Lipinski definition) is 5. The van der Waals surface area contributed by atoms with Crippen LogP contribution in [0.1, 0.15) is 21.0 Å². The zero-order valence-corrected chi connectivity index (χ0v) is 14.6. The average Bonchev–Trinajstić information content (AvgIpc) is 3.11. The van der Waals surface area contributed by atoms with Crippen LogP contribution >= 0.6 is 23.2 Å². The molecule has 26 heavy (non-hydrogen) atoms. The lowest BCUT2D eigenvalue weighted by molar-refractivity contribution is 0.0977. The topological polar surface area (TPSA) is 87.7 Å². The number of nitrogens with zero attached hydrogens (tertiary/aromatic N) is 2. The van der Waals surface area contributed by atoms with Crippen LogP contribution in [0, 0.1) is 0 Å². The molecule has 3 aromatic rings. The number of pyridine rings is 1. The van der Waals surface area contributed by atoms with Gasteiger partial charge in [0, 0.05) is 28.7 Å². The number of nitrogens with one attached hydrogen (secondary N) is 2. The molecular formula is C18H10Cl2N4O2. The minimum Gasteiger partial charge on any atom is -0.351 e. The van der Waals surface area contributed by atoms with Gasteiger partial charge in [0.1, 0.15) is 27.9 Å². The van der Waals surface area contributed by atoms with E-state index in [0.29, 0.717) is 22.1 Å². The third-order valence-corrected chi connectivity index (χ3v) is 4.45. The van der Waals surface area contributed by atoms with Gasteiger partial charge in [0.2, 0.25) is 11.6 Å². The molecule has 0 fully saturated rings. The lowest BCUT2D eigenvalue weighted by atomic mass is 10.0. The molecule has 6 nitrogen and oxygen atoms in total. The molecule has 0 spiro atoms. The zero-order chi connectivity index (χ0) is 18.3. The molecule has 0 atom stereocenters. The lowest BCUT2D eigenvalue weighted by Crippen LogP contribution is -2.24. The van der Waals surface area contributed by atoms with Crippen molar-refractivity contribution in [1.82, 2.24) is 15.0 Å². The van der Waals surface area contributed by atoms with Crippen LogP contribution in [0.4, 0.5) is 5.69 Å². The fourth-order valence-electron chi connectivity index (χ4n) is 2.57. The van der Waals surface area contributed by atoms with Gasteiger partial charge in [0.05, 0.1) is 0 Å². The second kappa shape index (κ2) is 6.40. The number of hydrogen-bond donors (Lipinski definition) is 2. The van der Waals surface area contributed by atoms with E-state index in [-0.39, 0.29) is 22.1 Å². The van der Waals surface area contributed by atoms with Crippen LogP contribution in [0.3, 0.4) is 0 Å². The molecule has 2 heterocycles. The van der Waals surface area contributed by atoms with Crippen molar-refractivity contribution in [3.8, 4) is 11.4 Å². The van der Waals surface area contributed by atoms with Gasteiger partial charge < -0.3 is 10.3 Å². The molecule has 1 aliphatic rings. The second-order valence-corrected chi connectivity index (χ2v) is 6.34. The minimum atomic E-state index is -0.500. The molecule has 1 aliphatic carbocycles. The molecule has 0 aliphatic heterocycles. The molecule has 2 N–H and O–H groups in total. The number of imidazole rings is 1. The number of benzene rings is 1. The van der Waals surface area contributed by atoms with E-state index in [0.717, 1.165) is 0 Å². The first-order valence-corrected chi connectivity index (χ1v) is 8.32. The number of fused-ring (bicyclic) bond motifs is 1. The highest BCUT2D eigenvalue weighted by atomic mass is 35.5. The quantitative estimate of drug-likeness (QED) is 0.710. The van der Waals surface area contributed by atoms with Crippen LogP contribution in [0.25, 0.3) is 11.4 Å². The summed E-state index contributed by atoms with van der Waals surface area (Å²) < 4.78 is 0. The Labute approximate surface area is 157 Å². The van der Waals surface area contributed by atoms with Crippen molar-refractivity contribution in [2.45, 2.75) is 0 Å². The minimum absolute atomic E-state index is 0.0178. The number of ketones is 2. The zero-order valence-electron chi connectivity index (χ0n) is 13.1. The van der Waals surface area contributed by atoms with E-state index >= 15 is 0 Å². The number of carbonyl (C=O) groups excluding carboxylic acids is 2. The number of rotatable bonds is 3. The van der Waals surface area contributed by atoms with Gasteiger partial charge in [-0.05, 0) is 36.4 Å². The molecule has 0 saturated heterocycles. The van der Waals surface area contributed by atoms with Crippen molar-refractivity contribution in [2.24, 2.45) is 0 Å². The van der Waals surface area contributed by atoms with Gasteiger partial charge in [-0.15, -0.1) is 0 Å². The summed E-state index contributed by atoms with van der Waals surface area (Å²) >= 11 is 12.0. The molecule has 1 aromatic carbocycles. The maximum atomic E-state index is 12.8. The number of anilines is 1. The third kappa shape index (κ3) is 2.79. The smallest absolute Gasteiger partial charge is 0.231 e. The Bertz CT molecular complexity index is 1060. The molecular weight excluding hydrogens is 375 g/mol. The SMILES string of the molecule is O=C1C(Nc2ccc(Cl)cc2)=C(Cl)C(=O)c2[nH]c(-c3cccnc3)nc21. The van der Waals surface area contributed by atoms with Gasteiger partial charge in [-0.2, -0.15) is 0 Å². The maximum Gasteiger partial charge on any atom is 0.231 e. The molecule has 0 amide bonds. The summed E-state index contributed by atoms with van der Waals surface area (Å²) in [6.07, 6.45) is 3.20. The van der Waals surface area contributed by atoms with Crippen LogP contribution in [0.15, 0.2) is 59.5 Å². The maximum absolute atomic E-state index is 12.8. The predicted octanol–water partition coefficient (Wildman–Crippen LogP) is 4.07. The van der Waals surface area contributed by atoms with Gasteiger partial charge in [-0.3, -0.25) is 14.6 Å². The molecule has 2 aromatic heterocycles. The van der Waals surface area contributed by atoms with E-state index < -0.39 is 11.6 Å². The first kappa shape index (κ1) is 16.5. The Morgan fingerprint density at radius 1 is 1.00 bits per heavy atom. The highest BCUT2D eigenvalue weighted by molar-refractivity contribution is 6.50. The Morgan fingerprint density at radius 2 is 1.77 bits per heavy atom. The van der Waals surface area contributed by atoms with E-state index in [4.69, 9.17) is 23.2 Å². The van der Waals surface area contributed by atoms with Gasteiger partial charge in [0.15, 0.2) is 0 Å². The molecule has 8 heteroatoms. The monoisotopic (exact) mass is 384 g/mol. The summed E-state index contributed by atoms with van der Waals surface area (Å²) in [6, 6.07) is 10.2. The summed E-state index contributed by atoms with van der Waals surface area (Å²) in [7, 11) is 0. The molecule has 0 unspecified atom stereocenters. The number of Topliss-reactive ketones (excluding diaryl/α,β-unsaturated/α-hetero) is 2. The van der Waals surface area contributed by atoms with Crippen LogP contribution in [0.2, 0.25) is 5.02 Å². The largest absolute Gasteiger partial charge is 0.351 e. The Morgan fingerprint density at radius 3 is 2.46 bits per heavy atom. The summed E-state index contributed by atoms with van der Waals surface area (Å²) in [5.41, 5.74) is 1.31. The number of aromatic nitrogens is 3. The molecule has 0 saturated carbocycles. The molecule has 0 radical (unpaired) electrons. The number of halogens is 2. The molecule has 128 valence electrons. The second-order valence-electron chi connectivity index (χ2n) is 5.53. The van der Waals surface area contributed by atoms with E-state index in [9.17, 15) is 9.59 Å². The highest BCUT2D eigenvalue weighted by Gasteiger charge is 2.35. The number of H-pyrrole nitrogens is 1. The highest BCUT2D eigenvalue weighted by Crippen LogP contribution is 2.30. The first-order valence-electron chi connectivity index (χ1n) is 7.57. The number of allylic oxidation sites excluding steroid dienone is 2. The average molecular weight is 385 g/mol. The summed E-state index contributed by atoms with van der Waals surface area (Å²) in [5.74, 6) is -0.590. The predicted molar refractivity (Wildman–Crippen MR) is 98.4 cm³/mol. The van der Waals surface area contributed by atoms with Crippen molar-refractivity contribution in [3.05, 3.63) is 75.9 Å². The molecule has 4 rings (SSSR count). The third-order valence-electron chi connectivity index (χ3n) is 3.84. The van der Waals surface area contributed by atoms with Gasteiger partial charge in [-0.1, -0.05) is 23.2 Å². The Hall–Kier alpha value is -2.96. The first-order chi connectivity index (χ1) is 12.5. The van der Waals surface area contributed by atoms with E-state index in [1.54, 1.807) is 48.8 Å². The van der Waals surface area contributed by atoms with Crippen LogP contribution in [-0.2, 0) is 0 Å². The van der Waals surface area contributed by atoms with Gasteiger partial charge >= 0.3 is 0 Å². The number of aromatic amines is 1. The van der Waals surface area contributed by atoms with E-state index in [1.165, 1.54) is 0 Å². The van der Waals surface area contributed by atoms with Crippen molar-refractivity contribution in [1.29, 1.82) is 0 Å². The fourth-order valence-corrected chi connectivity index (χ4v) is 2.93. The van der Waals surface area contributed by atoms with E-state index in [2.05, 4.69) is 20.3 Å². The van der Waals surface area contributed by atoms with Gasteiger partial charge in [0.25, 0.3) is 0 Å². The Balaban J connectivity index is 1.73. The Kier molecular flexibility index (Phi) is 4.06.